The van der Waals surface area contributed by atoms with Gasteiger partial charge in [-0.1, -0.05) is 0 Å². The van der Waals surface area contributed by atoms with Gasteiger partial charge in [0.2, 0.25) is 0 Å². The maximum absolute atomic E-state index is 13.4. The van der Waals surface area contributed by atoms with E-state index < -0.39 is 0 Å². The molecule has 1 aromatic carbocycles. The van der Waals surface area contributed by atoms with Crippen molar-refractivity contribution in [1.82, 2.24) is 0 Å². The maximum atomic E-state index is 13.4. The van der Waals surface area contributed by atoms with Gasteiger partial charge in [0.15, 0.2) is 0 Å². The zero-order chi connectivity index (χ0) is 8.72. The van der Waals surface area contributed by atoms with Crippen LogP contribution in [0.1, 0.15) is 0 Å². The van der Waals surface area contributed by atoms with E-state index in [1.807, 2.05) is 40.1 Å². The molecule has 0 aliphatic rings. The molecule has 0 atom stereocenters. The van der Waals surface area contributed by atoms with Crippen LogP contribution in [0.5, 0.6) is 0 Å². The molecule has 0 aliphatic heterocycles. The molecule has 0 amide bonds. The van der Waals surface area contributed by atoms with Crippen molar-refractivity contribution in [2.24, 2.45) is 0 Å². The third-order valence-corrected chi connectivity index (χ3v) is 4.53. The fraction of sp³-hybridized carbons (Fsp3) is 0. The lowest BCUT2D eigenvalue weighted by molar-refractivity contribution is 0.632. The van der Waals surface area contributed by atoms with E-state index in [4.69, 9.17) is 0 Å². The van der Waals surface area contributed by atoms with Gasteiger partial charge in [0, 0.05) is 8.96 Å². The topological polar surface area (TPSA) is 0 Å². The van der Waals surface area contributed by atoms with Gasteiger partial charge >= 0.3 is 0 Å². The van der Waals surface area contributed by atoms with Crippen LogP contribution >= 0.6 is 56.5 Å². The minimum absolute atomic E-state index is 0.0905. The van der Waals surface area contributed by atoms with E-state index in [1.165, 1.54) is 0 Å². The van der Waals surface area contributed by atoms with Gasteiger partial charge in [0.05, 0.1) is 8.27 Å². The summed E-state index contributed by atoms with van der Waals surface area (Å²) in [6, 6.07) is 3.70. The van der Waals surface area contributed by atoms with Crippen molar-refractivity contribution in [3.8, 4) is 0 Å². The third kappa shape index (κ3) is 1.37. The highest BCUT2D eigenvalue weighted by Gasteiger charge is 2.09. The lowest BCUT2D eigenvalue weighted by atomic mass is 10.2. The normalized spacial score (nSPS) is 10.9. The molecule has 0 spiro atoms. The van der Waals surface area contributed by atoms with Crippen LogP contribution in [-0.4, -0.2) is 0 Å². The summed E-state index contributed by atoms with van der Waals surface area (Å²) in [4.78, 5) is 0. The Morgan fingerprint density at radius 1 is 1.25 bits per heavy atom. The smallest absolute Gasteiger partial charge is 0.145 e. The van der Waals surface area contributed by atoms with Gasteiger partial charge in [-0.25, -0.2) is 4.39 Å². The van der Waals surface area contributed by atoms with Crippen molar-refractivity contribution >= 4 is 66.6 Å². The van der Waals surface area contributed by atoms with E-state index in [0.717, 1.165) is 13.7 Å². The number of hydrogen-bond acceptors (Lipinski definition) is 1. The van der Waals surface area contributed by atoms with Crippen molar-refractivity contribution in [2.75, 3.05) is 0 Å². The predicted molar refractivity (Wildman–Crippen MR) is 67.2 cm³/mol. The molecule has 1 aromatic heterocycles. The number of hydrogen-bond donors (Lipinski definition) is 0. The summed E-state index contributed by atoms with van der Waals surface area (Å²) in [5, 5.41) is 2.67. The largest absolute Gasteiger partial charge is 0.205 e. The van der Waals surface area contributed by atoms with E-state index in [2.05, 4.69) is 22.6 Å². The summed E-state index contributed by atoms with van der Waals surface area (Å²) in [7, 11) is 0. The SMILES string of the molecule is Fc1c(I)cc(I)c2sccc12. The molecule has 0 unspecified atom stereocenters. The van der Waals surface area contributed by atoms with Crippen LogP contribution in [0.15, 0.2) is 17.5 Å². The third-order valence-electron chi connectivity index (χ3n) is 1.58. The number of thiophene rings is 1. The molecular formula is C8H3FI2S. The second-order valence-electron chi connectivity index (χ2n) is 2.32. The summed E-state index contributed by atoms with van der Waals surface area (Å²) in [6.07, 6.45) is 0. The predicted octanol–water partition coefficient (Wildman–Crippen LogP) is 4.25. The van der Waals surface area contributed by atoms with Gasteiger partial charge in [-0.2, -0.15) is 0 Å². The first-order valence-corrected chi connectivity index (χ1v) is 6.24. The van der Waals surface area contributed by atoms with Crippen LogP contribution < -0.4 is 0 Å². The average Bonchev–Trinajstić information content (AvgIpc) is 2.48. The first-order valence-electron chi connectivity index (χ1n) is 3.21. The summed E-state index contributed by atoms with van der Waals surface area (Å²) < 4.78 is 16.3. The van der Waals surface area contributed by atoms with E-state index >= 15 is 0 Å². The molecule has 1 heterocycles. The van der Waals surface area contributed by atoms with Crippen LogP contribution in [0.2, 0.25) is 0 Å². The molecule has 2 rings (SSSR count). The van der Waals surface area contributed by atoms with E-state index in [0.29, 0.717) is 3.57 Å². The highest BCUT2D eigenvalue weighted by Crippen LogP contribution is 2.31. The Morgan fingerprint density at radius 2 is 2.00 bits per heavy atom. The Bertz CT molecular complexity index is 436. The average molecular weight is 404 g/mol. The molecule has 12 heavy (non-hydrogen) atoms. The number of fused-ring (bicyclic) bond motifs is 1. The zero-order valence-corrected chi connectivity index (χ0v) is 10.9. The summed E-state index contributed by atoms with van der Waals surface area (Å²) in [6.45, 7) is 0. The summed E-state index contributed by atoms with van der Waals surface area (Å²) >= 11 is 5.84. The van der Waals surface area contributed by atoms with Crippen LogP contribution in [0, 0.1) is 13.0 Å². The minimum Gasteiger partial charge on any atom is -0.205 e. The van der Waals surface area contributed by atoms with Gasteiger partial charge in [-0.3, -0.25) is 0 Å². The first kappa shape index (κ1) is 9.14. The van der Waals surface area contributed by atoms with Crippen molar-refractivity contribution in [2.45, 2.75) is 0 Å². The fourth-order valence-electron chi connectivity index (χ4n) is 1.04. The molecule has 0 nitrogen and oxygen atoms in total. The fourth-order valence-corrected chi connectivity index (χ4v) is 4.01. The zero-order valence-electron chi connectivity index (χ0n) is 5.77. The van der Waals surface area contributed by atoms with Crippen molar-refractivity contribution in [1.29, 1.82) is 0 Å². The van der Waals surface area contributed by atoms with Gasteiger partial charge in [-0.05, 0) is 62.7 Å². The van der Waals surface area contributed by atoms with Crippen molar-refractivity contribution in [3.05, 3.63) is 30.5 Å². The Kier molecular flexibility index (Phi) is 2.57. The monoisotopic (exact) mass is 404 g/mol. The van der Waals surface area contributed by atoms with E-state index in [1.54, 1.807) is 11.3 Å². The quantitative estimate of drug-likeness (QED) is 0.455. The lowest BCUT2D eigenvalue weighted by Crippen LogP contribution is -1.83. The molecule has 4 heteroatoms. The molecule has 0 radical (unpaired) electrons. The highest BCUT2D eigenvalue weighted by atomic mass is 127. The molecule has 0 bridgehead atoms. The van der Waals surface area contributed by atoms with Crippen LogP contribution in [0.25, 0.3) is 10.1 Å². The standard InChI is InChI=1S/C8H3FI2S/c9-7-4-1-2-12-8(4)6(11)3-5(7)10/h1-3H. The molecular weight excluding hydrogens is 401 g/mol. The van der Waals surface area contributed by atoms with Crippen LogP contribution in [0.4, 0.5) is 4.39 Å². The van der Waals surface area contributed by atoms with E-state index in [-0.39, 0.29) is 5.82 Å². The second-order valence-corrected chi connectivity index (χ2v) is 5.56. The van der Waals surface area contributed by atoms with Crippen LogP contribution in [-0.2, 0) is 0 Å². The Morgan fingerprint density at radius 3 is 2.75 bits per heavy atom. The maximum Gasteiger partial charge on any atom is 0.145 e. The molecule has 0 saturated heterocycles. The Balaban J connectivity index is 2.97. The van der Waals surface area contributed by atoms with Gasteiger partial charge in [0.25, 0.3) is 0 Å². The number of halogens is 3. The molecule has 0 aliphatic carbocycles. The van der Waals surface area contributed by atoms with Gasteiger partial charge in [0.1, 0.15) is 5.82 Å². The number of benzene rings is 1. The van der Waals surface area contributed by atoms with Crippen molar-refractivity contribution < 1.29 is 4.39 Å². The first-order chi connectivity index (χ1) is 5.70. The molecule has 62 valence electrons. The van der Waals surface area contributed by atoms with E-state index in [9.17, 15) is 4.39 Å². The number of rotatable bonds is 0. The summed E-state index contributed by atoms with van der Waals surface area (Å²) in [5.74, 6) is -0.0905. The lowest BCUT2D eigenvalue weighted by Gasteiger charge is -1.98. The van der Waals surface area contributed by atoms with Gasteiger partial charge < -0.3 is 0 Å². The highest BCUT2D eigenvalue weighted by molar-refractivity contribution is 14.1. The summed E-state index contributed by atoms with van der Waals surface area (Å²) in [5.41, 5.74) is 0. The molecule has 2 aromatic rings. The van der Waals surface area contributed by atoms with Crippen LogP contribution in [0.3, 0.4) is 0 Å². The Labute approximate surface area is 100 Å². The van der Waals surface area contributed by atoms with Gasteiger partial charge in [-0.15, -0.1) is 11.3 Å². The van der Waals surface area contributed by atoms with Crippen molar-refractivity contribution in [3.63, 3.8) is 0 Å². The Hall–Kier alpha value is 0.570. The molecule has 0 fully saturated rings. The molecule has 0 N–H and O–H groups in total. The second kappa shape index (κ2) is 3.38. The minimum atomic E-state index is -0.0905. The molecule has 0 saturated carbocycles.